The van der Waals surface area contributed by atoms with Crippen LogP contribution in [0.15, 0.2) is 84.9 Å². The molecule has 0 radical (unpaired) electrons. The lowest BCUT2D eigenvalue weighted by atomic mass is 9.92. The average Bonchev–Trinajstić information content (AvgIpc) is 4.04. The van der Waals surface area contributed by atoms with Crippen LogP contribution in [0.2, 0.25) is 58.9 Å². The van der Waals surface area contributed by atoms with Gasteiger partial charge in [0, 0.05) is 61.3 Å². The van der Waals surface area contributed by atoms with Gasteiger partial charge in [-0.2, -0.15) is 26.3 Å². The SMILES string of the molecule is COc1ccc(-c2sc(-c3ccc(C(C)(C)C)s3)cc2C2=C(c3cc(-c4ccc(C(C)(C)C)s4)sc3-c3ccc(O[Si](O[Si](C)(C)C)(O[Si](C)(C)C)O[Si](C)(C)C)cc3)C(F)(F)C(F)(F)C2(F)F)cc1. The van der Waals surface area contributed by atoms with Gasteiger partial charge in [0.1, 0.15) is 11.5 Å². The lowest BCUT2D eigenvalue weighted by Gasteiger charge is -2.40. The van der Waals surface area contributed by atoms with Crippen LogP contribution < -0.4 is 9.16 Å². The molecule has 5 nitrogen and oxygen atoms in total. The third-order valence-corrected chi connectivity index (χ3v) is 27.5. The molecular weight excluding hydrogens is 1050 g/mol. The van der Waals surface area contributed by atoms with Gasteiger partial charge in [0.25, 0.3) is 0 Å². The Morgan fingerprint density at radius 1 is 0.443 bits per heavy atom. The van der Waals surface area contributed by atoms with Crippen LogP contribution in [0.4, 0.5) is 26.3 Å². The molecule has 0 amide bonds. The van der Waals surface area contributed by atoms with Crippen molar-refractivity contribution in [2.24, 2.45) is 0 Å². The van der Waals surface area contributed by atoms with Crippen LogP contribution >= 0.6 is 45.3 Å². The van der Waals surface area contributed by atoms with E-state index in [1.165, 1.54) is 41.9 Å². The molecule has 2 aromatic carbocycles. The maximum Gasteiger partial charge on any atom is 0.717 e. The standard InChI is InChI=1S/C51H62F6O5S4Si4/c1-47(2,3)41-27-25-37(63-41)39-29-35(45(65-39)31-17-21-33(58-7)22-18-31)43-44(50(54,55)51(56,57)49(43,52)53)36-30-40(38-26-28-42(64-38)48(4,5)6)66-46(36)32-19-23-34(24-20-32)59-70(60-67(8,9)10,61-68(11,12)13)62-69(14,15)16/h17-30H,1-16H3. The Labute approximate surface area is 429 Å². The zero-order valence-electron chi connectivity index (χ0n) is 42.5. The zero-order valence-corrected chi connectivity index (χ0v) is 49.8. The van der Waals surface area contributed by atoms with Crippen molar-refractivity contribution < 1.29 is 47.9 Å². The number of benzene rings is 2. The van der Waals surface area contributed by atoms with Gasteiger partial charge in [0.05, 0.1) is 7.11 Å². The molecule has 0 atom stereocenters. The maximum atomic E-state index is 17.2. The Morgan fingerprint density at radius 3 is 1.09 bits per heavy atom. The van der Waals surface area contributed by atoms with Crippen molar-refractivity contribution in [1.82, 2.24) is 0 Å². The summed E-state index contributed by atoms with van der Waals surface area (Å²) >= 11 is 5.05. The summed E-state index contributed by atoms with van der Waals surface area (Å²) in [6.45, 7) is 30.5. The van der Waals surface area contributed by atoms with Crippen molar-refractivity contribution in [3.8, 4) is 51.9 Å². The molecule has 4 aromatic heterocycles. The molecule has 4 heterocycles. The van der Waals surface area contributed by atoms with Gasteiger partial charge in [-0.1, -0.05) is 41.5 Å². The Bertz CT molecular complexity index is 2840. The molecule has 0 saturated heterocycles. The normalized spacial score (nSPS) is 16.6. The van der Waals surface area contributed by atoms with E-state index in [-0.39, 0.29) is 20.6 Å². The summed E-state index contributed by atoms with van der Waals surface area (Å²) in [5.74, 6) is -15.6. The Morgan fingerprint density at radius 2 is 0.786 bits per heavy atom. The fourth-order valence-corrected chi connectivity index (χ4v) is 24.0. The smallest absolute Gasteiger partial charge is 0.497 e. The van der Waals surface area contributed by atoms with Crippen molar-refractivity contribution in [2.75, 3.05) is 7.11 Å². The number of hydrogen-bond donors (Lipinski definition) is 0. The van der Waals surface area contributed by atoms with E-state index in [0.717, 1.165) is 32.4 Å². The minimum atomic E-state index is -5.80. The lowest BCUT2D eigenvalue weighted by molar-refractivity contribution is -0.254. The molecule has 0 saturated carbocycles. The van der Waals surface area contributed by atoms with Gasteiger partial charge in [-0.15, -0.1) is 45.3 Å². The number of thiophene rings is 4. The van der Waals surface area contributed by atoms with Gasteiger partial charge in [-0.3, -0.25) is 0 Å². The summed E-state index contributed by atoms with van der Waals surface area (Å²) in [5, 5.41) is 0. The van der Waals surface area contributed by atoms with Gasteiger partial charge >= 0.3 is 26.8 Å². The van der Waals surface area contributed by atoms with Gasteiger partial charge < -0.3 is 21.5 Å². The van der Waals surface area contributed by atoms with E-state index in [4.69, 9.17) is 21.5 Å². The quantitative estimate of drug-likeness (QED) is 0.0757. The van der Waals surface area contributed by atoms with E-state index in [2.05, 4.69) is 0 Å². The summed E-state index contributed by atoms with van der Waals surface area (Å²) in [4.78, 5) is 4.57. The summed E-state index contributed by atoms with van der Waals surface area (Å²) in [6.07, 6.45) is 0. The largest absolute Gasteiger partial charge is 0.717 e. The van der Waals surface area contributed by atoms with Gasteiger partial charge in [-0.05, 0) is 166 Å². The highest BCUT2D eigenvalue weighted by atomic mass is 32.1. The molecule has 0 aliphatic heterocycles. The van der Waals surface area contributed by atoms with Crippen LogP contribution in [-0.2, 0) is 23.2 Å². The van der Waals surface area contributed by atoms with Crippen molar-refractivity contribution >= 4 is 90.5 Å². The van der Waals surface area contributed by atoms with E-state index in [1.807, 2.05) is 125 Å². The molecule has 6 aromatic rings. The highest BCUT2D eigenvalue weighted by Crippen LogP contribution is 2.67. The molecule has 0 N–H and O–H groups in total. The molecule has 19 heteroatoms. The average molecular weight is 1110 g/mol. The minimum Gasteiger partial charge on any atom is -0.497 e. The predicted molar refractivity (Wildman–Crippen MR) is 291 cm³/mol. The molecule has 0 spiro atoms. The van der Waals surface area contributed by atoms with Crippen molar-refractivity contribution in [1.29, 1.82) is 0 Å². The molecule has 0 unspecified atom stereocenters. The summed E-state index contributed by atoms with van der Waals surface area (Å²) < 4.78 is 134. The molecule has 378 valence electrons. The highest BCUT2D eigenvalue weighted by Gasteiger charge is 2.80. The third kappa shape index (κ3) is 11.2. The van der Waals surface area contributed by atoms with Crippen molar-refractivity contribution in [3.63, 3.8) is 0 Å². The van der Waals surface area contributed by atoms with E-state index >= 15 is 26.3 Å². The van der Waals surface area contributed by atoms with Crippen molar-refractivity contribution in [3.05, 3.63) is 106 Å². The lowest BCUT2D eigenvalue weighted by Crippen LogP contribution is -2.64. The molecule has 1 aliphatic rings. The second-order valence-corrected chi connectivity index (χ2v) is 43.1. The molecule has 1 aliphatic carbocycles. The van der Waals surface area contributed by atoms with Crippen LogP contribution in [0.1, 0.15) is 62.4 Å². The van der Waals surface area contributed by atoms with Gasteiger partial charge in [0.2, 0.25) is 0 Å². The first kappa shape index (κ1) is 54.7. The monoisotopic (exact) mass is 1110 g/mol. The van der Waals surface area contributed by atoms with Crippen LogP contribution in [0.5, 0.6) is 11.5 Å². The van der Waals surface area contributed by atoms with Crippen LogP contribution in [0, 0.1) is 0 Å². The molecule has 0 bridgehead atoms. The predicted octanol–water partition coefficient (Wildman–Crippen LogP) is 18.4. The van der Waals surface area contributed by atoms with E-state index < -0.39 is 74.0 Å². The summed E-state index contributed by atoms with van der Waals surface area (Å²) in [6, 6.07) is 23.3. The molecule has 7 rings (SSSR count). The first-order valence-electron chi connectivity index (χ1n) is 22.9. The number of hydrogen-bond acceptors (Lipinski definition) is 9. The van der Waals surface area contributed by atoms with Crippen LogP contribution in [0.3, 0.4) is 0 Å². The van der Waals surface area contributed by atoms with E-state index in [9.17, 15) is 0 Å². The van der Waals surface area contributed by atoms with E-state index in [1.54, 1.807) is 48.5 Å². The molecular formula is C51H62F6O5S4Si4. The number of alkyl halides is 6. The maximum absolute atomic E-state index is 17.2. The molecule has 0 fully saturated rings. The number of methoxy groups -OCH3 is 1. The second-order valence-electron chi connectivity index (χ2n) is 22.5. The Kier molecular flexibility index (Phi) is 14.6. The summed E-state index contributed by atoms with van der Waals surface area (Å²) in [7, 11) is -9.51. The molecule has 70 heavy (non-hydrogen) atoms. The fourth-order valence-electron chi connectivity index (χ4n) is 7.82. The Balaban J connectivity index is 1.50. The first-order valence-corrected chi connectivity index (χ1v) is 38.0. The fraction of sp³-hybridized carbons (Fsp3) is 0.412. The first-order chi connectivity index (χ1) is 32.0. The minimum absolute atomic E-state index is 0.112. The van der Waals surface area contributed by atoms with E-state index in [0.29, 0.717) is 42.1 Å². The van der Waals surface area contributed by atoms with Gasteiger partial charge in [-0.25, -0.2) is 0 Å². The topological polar surface area (TPSA) is 46.2 Å². The number of ether oxygens (including phenoxy) is 1. The summed E-state index contributed by atoms with van der Waals surface area (Å²) in [5.41, 5.74) is -3.44. The number of halogens is 6. The Hall–Kier alpha value is -3.09. The van der Waals surface area contributed by atoms with Crippen LogP contribution in [0.25, 0.3) is 51.5 Å². The highest BCUT2D eigenvalue weighted by molar-refractivity contribution is 7.25. The van der Waals surface area contributed by atoms with Crippen molar-refractivity contribution in [2.45, 2.75) is 129 Å². The second kappa shape index (κ2) is 18.7. The zero-order chi connectivity index (χ0) is 52.0. The van der Waals surface area contributed by atoms with Gasteiger partial charge in [0.15, 0.2) is 25.0 Å². The third-order valence-electron chi connectivity index (χ3n) is 10.9. The number of rotatable bonds is 15. The number of allylic oxidation sites excluding steroid dienone is 2. The van der Waals surface area contributed by atoms with Crippen LogP contribution in [-0.4, -0.2) is 58.9 Å².